The predicted molar refractivity (Wildman–Crippen MR) is 80.8 cm³/mol. The summed E-state index contributed by atoms with van der Waals surface area (Å²) in [6, 6.07) is 5.92. The van der Waals surface area contributed by atoms with Gasteiger partial charge in [-0.1, -0.05) is 16.8 Å². The largest absolute Gasteiger partial charge is 0.361 e. The molecule has 2 rings (SSSR count). The van der Waals surface area contributed by atoms with Gasteiger partial charge in [-0.2, -0.15) is 9.57 Å². The molecule has 0 amide bonds. The first-order valence-corrected chi connectivity index (χ1v) is 8.17. The Kier molecular flexibility index (Phi) is 4.56. The fourth-order valence-electron chi connectivity index (χ4n) is 1.96. The summed E-state index contributed by atoms with van der Waals surface area (Å²) in [6.45, 7) is 3.63. The van der Waals surface area contributed by atoms with Gasteiger partial charge in [-0.05, 0) is 32.0 Å². The maximum atomic E-state index is 12.6. The SMILES string of the molecule is Cc1noc(C)c1CN(C)S(=O)(=O)c1ccc(C#N)c(Cl)c1. The summed E-state index contributed by atoms with van der Waals surface area (Å²) in [4.78, 5) is 0.0331. The molecule has 0 radical (unpaired) electrons. The lowest BCUT2D eigenvalue weighted by Crippen LogP contribution is -2.27. The fraction of sp³-hybridized carbons (Fsp3) is 0.286. The second-order valence-electron chi connectivity index (χ2n) is 4.82. The van der Waals surface area contributed by atoms with Crippen molar-refractivity contribution in [1.29, 1.82) is 5.26 Å². The summed E-state index contributed by atoms with van der Waals surface area (Å²) in [6.07, 6.45) is 0. The maximum Gasteiger partial charge on any atom is 0.243 e. The molecule has 0 spiro atoms. The molecule has 22 heavy (non-hydrogen) atoms. The van der Waals surface area contributed by atoms with Crippen molar-refractivity contribution in [2.75, 3.05) is 7.05 Å². The van der Waals surface area contributed by atoms with E-state index < -0.39 is 10.0 Å². The van der Waals surface area contributed by atoms with Crippen molar-refractivity contribution in [1.82, 2.24) is 9.46 Å². The van der Waals surface area contributed by atoms with Gasteiger partial charge in [0.05, 0.1) is 21.2 Å². The van der Waals surface area contributed by atoms with Crippen LogP contribution in [0.4, 0.5) is 0 Å². The second-order valence-corrected chi connectivity index (χ2v) is 7.27. The minimum absolute atomic E-state index is 0.0331. The normalized spacial score (nSPS) is 11.6. The summed E-state index contributed by atoms with van der Waals surface area (Å²) in [5, 5.41) is 12.8. The van der Waals surface area contributed by atoms with Crippen molar-refractivity contribution in [2.24, 2.45) is 0 Å². The summed E-state index contributed by atoms with van der Waals surface area (Å²) in [5.74, 6) is 0.581. The van der Waals surface area contributed by atoms with Gasteiger partial charge in [-0.3, -0.25) is 0 Å². The Morgan fingerprint density at radius 1 is 1.41 bits per heavy atom. The quantitative estimate of drug-likeness (QED) is 0.854. The number of hydrogen-bond donors (Lipinski definition) is 0. The summed E-state index contributed by atoms with van der Waals surface area (Å²) in [5.41, 5.74) is 1.61. The molecule has 0 N–H and O–H groups in total. The van der Waals surface area contributed by atoms with Crippen LogP contribution in [0.2, 0.25) is 5.02 Å². The molecule has 0 aliphatic rings. The molecule has 116 valence electrons. The molecule has 0 fully saturated rings. The fourth-order valence-corrected chi connectivity index (χ4v) is 3.42. The molecule has 0 saturated heterocycles. The van der Waals surface area contributed by atoms with Gasteiger partial charge < -0.3 is 4.52 Å². The molecule has 1 aromatic heterocycles. The molecule has 1 heterocycles. The Hall–Kier alpha value is -1.88. The van der Waals surface area contributed by atoms with E-state index >= 15 is 0 Å². The van der Waals surface area contributed by atoms with E-state index in [2.05, 4.69) is 5.16 Å². The van der Waals surface area contributed by atoms with Crippen LogP contribution in [-0.2, 0) is 16.6 Å². The van der Waals surface area contributed by atoms with Crippen molar-refractivity contribution in [2.45, 2.75) is 25.3 Å². The van der Waals surface area contributed by atoms with E-state index in [0.717, 1.165) is 5.56 Å². The van der Waals surface area contributed by atoms with Gasteiger partial charge >= 0.3 is 0 Å². The minimum atomic E-state index is -3.73. The van der Waals surface area contributed by atoms with E-state index in [4.69, 9.17) is 21.4 Å². The molecule has 6 nitrogen and oxygen atoms in total. The van der Waals surface area contributed by atoms with Crippen LogP contribution in [0.5, 0.6) is 0 Å². The Morgan fingerprint density at radius 2 is 2.09 bits per heavy atom. The monoisotopic (exact) mass is 339 g/mol. The zero-order chi connectivity index (χ0) is 16.5. The van der Waals surface area contributed by atoms with E-state index in [1.807, 2.05) is 6.07 Å². The molecule has 0 saturated carbocycles. The van der Waals surface area contributed by atoms with Crippen LogP contribution >= 0.6 is 11.6 Å². The van der Waals surface area contributed by atoms with Crippen LogP contribution in [0.3, 0.4) is 0 Å². The lowest BCUT2D eigenvalue weighted by molar-refractivity contribution is 0.390. The number of nitriles is 1. The van der Waals surface area contributed by atoms with E-state index in [1.54, 1.807) is 13.8 Å². The lowest BCUT2D eigenvalue weighted by atomic mass is 10.2. The summed E-state index contributed by atoms with van der Waals surface area (Å²) in [7, 11) is -2.26. The number of rotatable bonds is 4. The van der Waals surface area contributed by atoms with Gasteiger partial charge in [0, 0.05) is 19.2 Å². The van der Waals surface area contributed by atoms with Crippen LogP contribution in [-0.4, -0.2) is 24.9 Å². The topological polar surface area (TPSA) is 87.2 Å². The van der Waals surface area contributed by atoms with Crippen molar-refractivity contribution in [3.05, 3.63) is 45.8 Å². The van der Waals surface area contributed by atoms with Gasteiger partial charge in [-0.25, -0.2) is 8.42 Å². The highest BCUT2D eigenvalue weighted by Crippen LogP contribution is 2.24. The van der Waals surface area contributed by atoms with Gasteiger partial charge in [0.25, 0.3) is 0 Å². The summed E-state index contributed by atoms with van der Waals surface area (Å²) >= 11 is 5.90. The Labute approximate surface area is 133 Å². The number of sulfonamides is 1. The third-order valence-electron chi connectivity index (χ3n) is 3.33. The standard InChI is InChI=1S/C14H14ClN3O3S/c1-9-13(10(2)21-17-9)8-18(3)22(19,20)12-5-4-11(7-16)14(15)6-12/h4-6H,8H2,1-3H3. The van der Waals surface area contributed by atoms with Gasteiger partial charge in [0.1, 0.15) is 11.8 Å². The molecule has 0 atom stereocenters. The first kappa shape index (κ1) is 16.5. The number of halogens is 1. The summed E-state index contributed by atoms with van der Waals surface area (Å²) < 4.78 is 31.4. The molecule has 2 aromatic rings. The van der Waals surface area contributed by atoms with Gasteiger partial charge in [0.2, 0.25) is 10.0 Å². The Morgan fingerprint density at radius 3 is 2.59 bits per heavy atom. The van der Waals surface area contributed by atoms with E-state index in [0.29, 0.717) is 11.5 Å². The van der Waals surface area contributed by atoms with E-state index in [9.17, 15) is 8.42 Å². The maximum absolute atomic E-state index is 12.6. The molecule has 1 aromatic carbocycles. The number of aryl methyl sites for hydroxylation is 2. The van der Waals surface area contributed by atoms with Gasteiger partial charge in [-0.15, -0.1) is 0 Å². The average molecular weight is 340 g/mol. The third-order valence-corrected chi connectivity index (χ3v) is 5.44. The molecule has 0 aliphatic heterocycles. The first-order valence-electron chi connectivity index (χ1n) is 6.35. The highest BCUT2D eigenvalue weighted by atomic mass is 35.5. The first-order chi connectivity index (χ1) is 10.3. The minimum Gasteiger partial charge on any atom is -0.361 e. The molecule has 0 unspecified atom stereocenters. The van der Waals surface area contributed by atoms with E-state index in [1.165, 1.54) is 29.6 Å². The zero-order valence-corrected chi connectivity index (χ0v) is 13.9. The smallest absolute Gasteiger partial charge is 0.243 e. The van der Waals surface area contributed by atoms with Crippen LogP contribution in [0.25, 0.3) is 0 Å². The Balaban J connectivity index is 2.34. The highest BCUT2D eigenvalue weighted by Gasteiger charge is 2.24. The number of aromatic nitrogens is 1. The van der Waals surface area contributed by atoms with Crippen molar-refractivity contribution in [3.63, 3.8) is 0 Å². The molecule has 0 bridgehead atoms. The van der Waals surface area contributed by atoms with Crippen LogP contribution in [0.15, 0.2) is 27.6 Å². The van der Waals surface area contributed by atoms with E-state index in [-0.39, 0.29) is 22.0 Å². The highest BCUT2D eigenvalue weighted by molar-refractivity contribution is 7.89. The van der Waals surface area contributed by atoms with Crippen LogP contribution in [0, 0.1) is 25.2 Å². The molecular formula is C14H14ClN3O3S. The van der Waals surface area contributed by atoms with Crippen molar-refractivity contribution < 1.29 is 12.9 Å². The molecular weight excluding hydrogens is 326 g/mol. The number of nitrogens with zero attached hydrogens (tertiary/aromatic N) is 3. The Bertz CT molecular complexity index is 833. The van der Waals surface area contributed by atoms with Crippen molar-refractivity contribution in [3.8, 4) is 6.07 Å². The van der Waals surface area contributed by atoms with Crippen LogP contribution in [0.1, 0.15) is 22.6 Å². The second kappa shape index (κ2) is 6.08. The number of hydrogen-bond acceptors (Lipinski definition) is 5. The predicted octanol–water partition coefficient (Wildman–Crippen LogP) is 2.64. The third kappa shape index (κ3) is 2.99. The van der Waals surface area contributed by atoms with Crippen LogP contribution < -0.4 is 0 Å². The lowest BCUT2D eigenvalue weighted by Gasteiger charge is -2.17. The average Bonchev–Trinajstić information content (AvgIpc) is 2.78. The zero-order valence-electron chi connectivity index (χ0n) is 12.3. The van der Waals surface area contributed by atoms with Crippen molar-refractivity contribution >= 4 is 21.6 Å². The molecule has 8 heteroatoms. The molecule has 0 aliphatic carbocycles. The van der Waals surface area contributed by atoms with Gasteiger partial charge in [0.15, 0.2) is 0 Å². The number of benzene rings is 1.